The average molecular weight is 317 g/mol. The molecule has 0 spiro atoms. The molecule has 2 atom stereocenters. The molecule has 0 aromatic rings. The molecule has 0 saturated heterocycles. The molecule has 0 aromatic carbocycles. The van der Waals surface area contributed by atoms with Crippen LogP contribution in [0.15, 0.2) is 17.1 Å². The van der Waals surface area contributed by atoms with Crippen LogP contribution in [0.5, 0.6) is 0 Å². The van der Waals surface area contributed by atoms with Gasteiger partial charge in [-0.2, -0.15) is 0 Å². The number of hydrogen-bond acceptors (Lipinski definition) is 2. The first kappa shape index (κ1) is 17.2. The molecule has 2 heteroatoms. The van der Waals surface area contributed by atoms with Gasteiger partial charge in [-0.05, 0) is 87.2 Å². The predicted molar refractivity (Wildman–Crippen MR) is 100 cm³/mol. The third-order valence-corrected chi connectivity index (χ3v) is 6.98. The van der Waals surface area contributed by atoms with Crippen LogP contribution in [0.3, 0.4) is 0 Å². The first-order valence-electron chi connectivity index (χ1n) is 9.92. The van der Waals surface area contributed by atoms with Crippen molar-refractivity contribution >= 4 is 5.71 Å². The topological polar surface area (TPSA) is 24.4 Å². The number of rotatable bonds is 7. The number of nitrogens with one attached hydrogen (secondary N) is 1. The van der Waals surface area contributed by atoms with Gasteiger partial charge in [0, 0.05) is 18.3 Å². The Morgan fingerprint density at radius 2 is 1.70 bits per heavy atom. The Labute approximate surface area is 143 Å². The first-order chi connectivity index (χ1) is 11.0. The van der Waals surface area contributed by atoms with Crippen LogP contribution >= 0.6 is 0 Å². The summed E-state index contributed by atoms with van der Waals surface area (Å²) in [5.74, 6) is 4.41. The highest BCUT2D eigenvalue weighted by atomic mass is 15.0. The van der Waals surface area contributed by atoms with E-state index in [4.69, 9.17) is 0 Å². The fraction of sp³-hybridized carbons (Fsp3) is 0.857. The molecule has 4 aliphatic carbocycles. The minimum Gasteiger partial charge on any atom is -0.311 e. The smallest absolute Gasteiger partial charge is 0.0339 e. The largest absolute Gasteiger partial charge is 0.311 e. The van der Waals surface area contributed by atoms with Crippen molar-refractivity contribution in [3.8, 4) is 0 Å². The van der Waals surface area contributed by atoms with Crippen LogP contribution in [0.1, 0.15) is 65.7 Å². The van der Waals surface area contributed by atoms with Crippen LogP contribution in [-0.4, -0.2) is 24.8 Å². The Balaban J connectivity index is 1.52. The molecule has 4 aliphatic rings. The van der Waals surface area contributed by atoms with Gasteiger partial charge >= 0.3 is 0 Å². The summed E-state index contributed by atoms with van der Waals surface area (Å²) in [6, 6.07) is 0. The molecule has 130 valence electrons. The Kier molecular flexibility index (Phi) is 5.30. The summed E-state index contributed by atoms with van der Waals surface area (Å²) in [7, 11) is 1.89. The predicted octanol–water partition coefficient (Wildman–Crippen LogP) is 4.85. The molecule has 0 aromatic heterocycles. The molecule has 4 fully saturated rings. The maximum atomic E-state index is 4.32. The number of allylic oxidation sites excluding steroid dienone is 2. The van der Waals surface area contributed by atoms with E-state index in [2.05, 4.69) is 43.2 Å². The van der Waals surface area contributed by atoms with Gasteiger partial charge in [-0.1, -0.05) is 26.8 Å². The highest BCUT2D eigenvalue weighted by Crippen LogP contribution is 2.55. The van der Waals surface area contributed by atoms with E-state index >= 15 is 0 Å². The second-order valence-electron chi connectivity index (χ2n) is 8.84. The lowest BCUT2D eigenvalue weighted by Crippen LogP contribution is -2.59. The summed E-state index contributed by atoms with van der Waals surface area (Å²) >= 11 is 0. The Hall–Kier alpha value is -0.630. The van der Waals surface area contributed by atoms with Crippen LogP contribution in [-0.2, 0) is 0 Å². The molecule has 4 rings (SSSR count). The van der Waals surface area contributed by atoms with Crippen molar-refractivity contribution in [1.82, 2.24) is 5.32 Å². The second-order valence-corrected chi connectivity index (χ2v) is 8.84. The van der Waals surface area contributed by atoms with Crippen LogP contribution in [0, 0.1) is 29.6 Å². The highest BCUT2D eigenvalue weighted by molar-refractivity contribution is 5.94. The van der Waals surface area contributed by atoms with E-state index in [1.807, 2.05) is 7.05 Å². The molecule has 0 heterocycles. The van der Waals surface area contributed by atoms with Gasteiger partial charge in [-0.15, -0.1) is 0 Å². The minimum absolute atomic E-state index is 0.506. The molecule has 2 unspecified atom stereocenters. The molecular weight excluding hydrogens is 280 g/mol. The fourth-order valence-electron chi connectivity index (χ4n) is 5.69. The number of nitrogens with zero attached hydrogens (tertiary/aromatic N) is 1. The lowest BCUT2D eigenvalue weighted by Gasteiger charge is -2.57. The van der Waals surface area contributed by atoms with Crippen molar-refractivity contribution in [1.29, 1.82) is 0 Å². The van der Waals surface area contributed by atoms with Gasteiger partial charge in [0.25, 0.3) is 0 Å². The maximum Gasteiger partial charge on any atom is 0.0339 e. The summed E-state index contributed by atoms with van der Waals surface area (Å²) in [6.07, 6.45) is 14.6. The van der Waals surface area contributed by atoms with E-state index in [1.54, 1.807) is 0 Å². The molecule has 4 bridgehead atoms. The lowest BCUT2D eigenvalue weighted by atomic mass is 9.53. The fourth-order valence-corrected chi connectivity index (χ4v) is 5.69. The lowest BCUT2D eigenvalue weighted by molar-refractivity contribution is -0.0215. The molecular formula is C21H36N2. The molecule has 4 saturated carbocycles. The van der Waals surface area contributed by atoms with Gasteiger partial charge in [0.15, 0.2) is 0 Å². The normalized spacial score (nSPS) is 39.1. The first-order valence-corrected chi connectivity index (χ1v) is 9.92. The quantitative estimate of drug-likeness (QED) is 0.667. The Bertz CT molecular complexity index is 427. The average Bonchev–Trinajstić information content (AvgIpc) is 2.52. The molecule has 2 nitrogen and oxygen atoms in total. The summed E-state index contributed by atoms with van der Waals surface area (Å²) < 4.78 is 0. The summed E-state index contributed by atoms with van der Waals surface area (Å²) in [4.78, 5) is 4.32. The third kappa shape index (κ3) is 3.90. The van der Waals surface area contributed by atoms with E-state index in [0.29, 0.717) is 17.4 Å². The minimum atomic E-state index is 0.506. The van der Waals surface area contributed by atoms with Gasteiger partial charge < -0.3 is 5.32 Å². The highest BCUT2D eigenvalue weighted by Gasteiger charge is 2.50. The van der Waals surface area contributed by atoms with Crippen LogP contribution < -0.4 is 5.32 Å². The monoisotopic (exact) mass is 316 g/mol. The zero-order valence-corrected chi connectivity index (χ0v) is 15.6. The van der Waals surface area contributed by atoms with Gasteiger partial charge in [-0.3, -0.25) is 4.99 Å². The zero-order chi connectivity index (χ0) is 16.4. The van der Waals surface area contributed by atoms with Crippen molar-refractivity contribution in [2.24, 2.45) is 34.6 Å². The van der Waals surface area contributed by atoms with Gasteiger partial charge in [0.2, 0.25) is 0 Å². The zero-order valence-electron chi connectivity index (χ0n) is 15.6. The molecule has 0 aliphatic heterocycles. The van der Waals surface area contributed by atoms with Crippen LogP contribution in [0.4, 0.5) is 0 Å². The third-order valence-electron chi connectivity index (χ3n) is 6.98. The van der Waals surface area contributed by atoms with Gasteiger partial charge in [0.05, 0.1) is 0 Å². The molecule has 23 heavy (non-hydrogen) atoms. The molecule has 0 amide bonds. The summed E-state index contributed by atoms with van der Waals surface area (Å²) in [5, 5.41) is 4.06. The van der Waals surface area contributed by atoms with Crippen molar-refractivity contribution < 1.29 is 0 Å². The van der Waals surface area contributed by atoms with Gasteiger partial charge in [-0.25, -0.2) is 0 Å². The van der Waals surface area contributed by atoms with E-state index in [-0.39, 0.29) is 0 Å². The number of aliphatic imine (C=N–C) groups is 1. The van der Waals surface area contributed by atoms with E-state index in [0.717, 1.165) is 24.2 Å². The summed E-state index contributed by atoms with van der Waals surface area (Å²) in [6.45, 7) is 8.10. The second kappa shape index (κ2) is 7.09. The van der Waals surface area contributed by atoms with Crippen molar-refractivity contribution in [3.63, 3.8) is 0 Å². The molecule has 0 radical (unpaired) electrons. The summed E-state index contributed by atoms with van der Waals surface area (Å²) in [5.41, 5.74) is 1.71. The maximum absolute atomic E-state index is 4.32. The van der Waals surface area contributed by atoms with Crippen LogP contribution in [0.25, 0.3) is 0 Å². The van der Waals surface area contributed by atoms with Crippen molar-refractivity contribution in [3.05, 3.63) is 12.2 Å². The SMILES string of the molecule is CCC(/C=C\C(C)C(C)CNC12CC3CC(CC(C3)C1)C2)=NC. The van der Waals surface area contributed by atoms with E-state index in [9.17, 15) is 0 Å². The van der Waals surface area contributed by atoms with Crippen molar-refractivity contribution in [2.75, 3.05) is 13.6 Å². The standard InChI is InChI=1S/C21H36N2/c1-5-20(22-4)7-6-15(2)16(3)14-23-21-11-17-8-18(12-21)10-19(9-17)13-21/h6-7,15-19,23H,5,8-14H2,1-4H3/b7-6-,22-20?. The number of hydrogen-bond donors (Lipinski definition) is 1. The van der Waals surface area contributed by atoms with Gasteiger partial charge in [0.1, 0.15) is 0 Å². The Morgan fingerprint density at radius 3 is 2.17 bits per heavy atom. The van der Waals surface area contributed by atoms with E-state index in [1.165, 1.54) is 50.8 Å². The van der Waals surface area contributed by atoms with Crippen LogP contribution in [0.2, 0.25) is 0 Å². The van der Waals surface area contributed by atoms with Crippen molar-refractivity contribution in [2.45, 2.75) is 71.3 Å². The Morgan fingerprint density at radius 1 is 1.13 bits per heavy atom. The molecule has 1 N–H and O–H groups in total. The van der Waals surface area contributed by atoms with E-state index < -0.39 is 0 Å².